The van der Waals surface area contributed by atoms with Crippen molar-refractivity contribution in [3.8, 4) is 11.1 Å². The van der Waals surface area contributed by atoms with E-state index in [2.05, 4.69) is 229 Å². The van der Waals surface area contributed by atoms with Crippen LogP contribution < -0.4 is 31.1 Å². The van der Waals surface area contributed by atoms with Crippen LogP contribution in [-0.4, -0.2) is 6.71 Å². The van der Waals surface area contributed by atoms with E-state index < -0.39 is 6.85 Å². The number of para-hydroxylation sites is 2. The predicted octanol–water partition coefficient (Wildman–Crippen LogP) is 15.9. The number of aryl methyl sites for hydroxylation is 1. The summed E-state index contributed by atoms with van der Waals surface area (Å²) in [5.74, 6) is 0.686. The summed E-state index contributed by atoms with van der Waals surface area (Å²) >= 11 is 0. The van der Waals surface area contributed by atoms with E-state index in [1.807, 2.05) is 30.3 Å². The molecular formula is C63H60BN3O. The summed E-state index contributed by atoms with van der Waals surface area (Å²) in [7, 11) is 0. The normalized spacial score (nSPS) is 14.2. The first kappa shape index (κ1) is 39.9. The van der Waals surface area contributed by atoms with Gasteiger partial charge >= 0.3 is 0 Å². The molecule has 9 aromatic rings. The van der Waals surface area contributed by atoms with Gasteiger partial charge in [0.2, 0.25) is 5.88 Å². The molecule has 0 saturated carbocycles. The molecular weight excluding hydrogens is 826 g/mol. The molecule has 68 heavy (non-hydrogen) atoms. The maximum absolute atomic E-state index is 9.15. The lowest BCUT2D eigenvalue weighted by Gasteiger charge is -2.43. The Labute approximate surface area is 407 Å². The lowest BCUT2D eigenvalue weighted by Crippen LogP contribution is -2.61. The highest BCUT2D eigenvalue weighted by atomic mass is 16.4. The second kappa shape index (κ2) is 15.9. The number of hydrogen-bond donors (Lipinski definition) is 0. The van der Waals surface area contributed by atoms with E-state index in [-0.39, 0.29) is 28.5 Å². The molecule has 0 bridgehead atoms. The van der Waals surface area contributed by atoms with Crippen molar-refractivity contribution in [3.05, 3.63) is 204 Å². The number of anilines is 9. The van der Waals surface area contributed by atoms with E-state index in [1.54, 1.807) is 0 Å². The number of nitrogens with zero attached hydrogens (tertiary/aromatic N) is 3. The van der Waals surface area contributed by atoms with E-state index in [0.29, 0.717) is 5.88 Å². The van der Waals surface area contributed by atoms with Gasteiger partial charge in [-0.1, -0.05) is 159 Å². The van der Waals surface area contributed by atoms with Crippen molar-refractivity contribution in [1.29, 1.82) is 0 Å². The summed E-state index contributed by atoms with van der Waals surface area (Å²) in [6.07, 6.45) is 0. The number of rotatable bonds is 6. The summed E-state index contributed by atoms with van der Waals surface area (Å²) in [5.41, 5.74) is 17.0. The summed E-state index contributed by atoms with van der Waals surface area (Å²) < 4.78 is 34.8. The van der Waals surface area contributed by atoms with Crippen LogP contribution in [0.1, 0.15) is 88.7 Å². The Morgan fingerprint density at radius 1 is 0.471 bits per heavy atom. The molecule has 8 aromatic carbocycles. The second-order valence-corrected chi connectivity index (χ2v) is 21.7. The van der Waals surface area contributed by atoms with Crippen molar-refractivity contribution in [3.63, 3.8) is 0 Å². The molecule has 11 rings (SSSR count). The molecule has 3 heterocycles. The minimum absolute atomic E-state index is 0.0764. The third kappa shape index (κ3) is 7.31. The molecule has 0 unspecified atom stereocenters. The van der Waals surface area contributed by atoms with Gasteiger partial charge in [0.25, 0.3) is 6.71 Å². The Kier molecular flexibility index (Phi) is 9.35. The molecule has 336 valence electrons. The minimum atomic E-state index is -2.44. The van der Waals surface area contributed by atoms with Crippen LogP contribution >= 0.6 is 0 Å². The Balaban J connectivity index is 1.28. The molecule has 0 N–H and O–H groups in total. The fourth-order valence-electron chi connectivity index (χ4n) is 10.4. The van der Waals surface area contributed by atoms with E-state index >= 15 is 0 Å². The van der Waals surface area contributed by atoms with Crippen molar-refractivity contribution < 1.29 is 8.53 Å². The van der Waals surface area contributed by atoms with Gasteiger partial charge in [-0.05, 0) is 147 Å². The molecule has 2 aliphatic heterocycles. The van der Waals surface area contributed by atoms with E-state index in [9.17, 15) is 0 Å². The lowest BCUT2D eigenvalue weighted by atomic mass is 9.33. The fraction of sp³-hybridized carbons (Fsp3) is 0.206. The summed E-state index contributed by atoms with van der Waals surface area (Å²) in [5, 5.41) is 1.04. The van der Waals surface area contributed by atoms with Crippen LogP contribution in [0.2, 0.25) is 0 Å². The monoisotopic (exact) mass is 889 g/mol. The van der Waals surface area contributed by atoms with Crippen molar-refractivity contribution in [1.82, 2.24) is 0 Å². The van der Waals surface area contributed by atoms with Gasteiger partial charge < -0.3 is 14.2 Å². The predicted molar refractivity (Wildman–Crippen MR) is 291 cm³/mol. The van der Waals surface area contributed by atoms with Crippen LogP contribution in [0, 0.1) is 6.85 Å². The Morgan fingerprint density at radius 2 is 1.03 bits per heavy atom. The first-order valence-electron chi connectivity index (χ1n) is 25.5. The zero-order valence-electron chi connectivity index (χ0n) is 43.6. The molecule has 2 aliphatic rings. The minimum Gasteiger partial charge on any atom is -0.440 e. The highest BCUT2D eigenvalue weighted by Crippen LogP contribution is 2.50. The van der Waals surface area contributed by atoms with Crippen molar-refractivity contribution in [2.45, 2.75) is 85.4 Å². The summed E-state index contributed by atoms with van der Waals surface area (Å²) in [6.45, 7) is 17.4. The number of hydrogen-bond acceptors (Lipinski definition) is 4. The molecule has 0 amide bonds. The second-order valence-electron chi connectivity index (χ2n) is 21.7. The highest BCUT2D eigenvalue weighted by molar-refractivity contribution is 7.01. The highest BCUT2D eigenvalue weighted by Gasteiger charge is 2.47. The van der Waals surface area contributed by atoms with Crippen LogP contribution in [0.5, 0.6) is 0 Å². The third-order valence-corrected chi connectivity index (χ3v) is 14.0. The van der Waals surface area contributed by atoms with Gasteiger partial charge in [-0.3, -0.25) is 4.90 Å². The SMILES string of the molecule is [2H]C([2H])([2H])c1cc2c3c(c1)N(c1ccc(C(C)(C)C)cc1-c1ccccc1)c1oc4ccc(C(C)(C)C)cc4c1B3c1ccc(N(c3ccccc3)c3ccccc3)cc1N2c1ccc(C(C)(C)C)cc1. The Hall–Kier alpha value is -7.24. The van der Waals surface area contributed by atoms with Crippen molar-refractivity contribution >= 4 is 85.5 Å². The fourth-order valence-corrected chi connectivity index (χ4v) is 10.4. The standard InChI is InChI=1S/C63H60BN3O/c1-41-36-55-59-56(37-41)67(53-34-28-44(62(5,6)7)38-50(53)42-20-14-11-15-21-42)60-58(51-39-45(63(8,9)10)29-35-57(51)68-60)64(59)52-33-32-49(65(46-22-16-12-17-23-46)47-24-18-13-19-25-47)40-54(52)66(55)48-30-26-43(27-31-48)61(2,3)4/h11-40H,1-10H3/i1D3. The average Bonchev–Trinajstić information content (AvgIpc) is 3.72. The largest absolute Gasteiger partial charge is 0.440 e. The molecule has 5 heteroatoms. The van der Waals surface area contributed by atoms with Crippen molar-refractivity contribution in [2.24, 2.45) is 0 Å². The molecule has 4 nitrogen and oxygen atoms in total. The molecule has 0 radical (unpaired) electrons. The Bertz CT molecular complexity index is 3430. The zero-order chi connectivity index (χ0) is 49.8. The van der Waals surface area contributed by atoms with Crippen molar-refractivity contribution in [2.75, 3.05) is 14.7 Å². The maximum atomic E-state index is 9.15. The average molecular weight is 889 g/mol. The van der Waals surface area contributed by atoms with E-state index in [1.165, 1.54) is 16.7 Å². The van der Waals surface area contributed by atoms with Crippen LogP contribution in [-0.2, 0) is 16.2 Å². The molecule has 0 saturated heterocycles. The number of fused-ring (bicyclic) bond motifs is 6. The smallest absolute Gasteiger partial charge is 0.257 e. The third-order valence-electron chi connectivity index (χ3n) is 14.0. The van der Waals surface area contributed by atoms with Gasteiger partial charge in [-0.15, -0.1) is 0 Å². The van der Waals surface area contributed by atoms with Gasteiger partial charge in [0.05, 0.1) is 5.69 Å². The first-order valence-corrected chi connectivity index (χ1v) is 24.0. The van der Waals surface area contributed by atoms with Gasteiger partial charge in [0.15, 0.2) is 0 Å². The Morgan fingerprint density at radius 3 is 1.63 bits per heavy atom. The quantitative estimate of drug-likeness (QED) is 0.155. The summed E-state index contributed by atoms with van der Waals surface area (Å²) in [6, 6.07) is 64.4. The lowest BCUT2D eigenvalue weighted by molar-refractivity contribution is 0.589. The number of furan rings is 1. The maximum Gasteiger partial charge on any atom is 0.257 e. The molecule has 0 aliphatic carbocycles. The van der Waals surface area contributed by atoms with Crippen LogP contribution in [0.25, 0.3) is 22.1 Å². The molecule has 0 fully saturated rings. The van der Waals surface area contributed by atoms with Crippen LogP contribution in [0.15, 0.2) is 186 Å². The van der Waals surface area contributed by atoms with Gasteiger partial charge in [0.1, 0.15) is 5.58 Å². The molecule has 0 atom stereocenters. The first-order chi connectivity index (χ1) is 33.8. The van der Waals surface area contributed by atoms with Gasteiger partial charge in [0, 0.05) is 60.3 Å². The van der Waals surface area contributed by atoms with Crippen LogP contribution in [0.3, 0.4) is 0 Å². The topological polar surface area (TPSA) is 22.9 Å². The summed E-state index contributed by atoms with van der Waals surface area (Å²) in [4.78, 5) is 6.85. The molecule has 1 aromatic heterocycles. The zero-order valence-corrected chi connectivity index (χ0v) is 40.6. The van der Waals surface area contributed by atoms with E-state index in [0.717, 1.165) is 84.0 Å². The van der Waals surface area contributed by atoms with Gasteiger partial charge in [-0.2, -0.15) is 0 Å². The van der Waals surface area contributed by atoms with E-state index in [4.69, 9.17) is 8.53 Å². The van der Waals surface area contributed by atoms with Crippen LogP contribution in [0.4, 0.5) is 51.4 Å². The number of benzene rings is 8. The van der Waals surface area contributed by atoms with Gasteiger partial charge in [-0.25, -0.2) is 0 Å². The molecule has 0 spiro atoms.